The highest BCUT2D eigenvalue weighted by atomic mass is 32.1. The van der Waals surface area contributed by atoms with Gasteiger partial charge in [0.1, 0.15) is 6.07 Å². The van der Waals surface area contributed by atoms with Crippen molar-refractivity contribution in [3.05, 3.63) is 21.9 Å². The molecular formula is C11H15N3OS. The van der Waals surface area contributed by atoms with Gasteiger partial charge >= 0.3 is 0 Å². The first kappa shape index (κ1) is 12.7. The summed E-state index contributed by atoms with van der Waals surface area (Å²) in [6.07, 6.45) is 0.490. The molecule has 4 nitrogen and oxygen atoms in total. The first-order valence-electron chi connectivity index (χ1n) is 5.21. The second kappa shape index (κ2) is 6.99. The molecule has 0 aromatic carbocycles. The molecule has 0 bridgehead atoms. The zero-order chi connectivity index (χ0) is 11.8. The molecule has 0 spiro atoms. The lowest BCUT2D eigenvalue weighted by Gasteiger charge is -2.03. The van der Waals surface area contributed by atoms with Crippen LogP contribution < -0.4 is 10.6 Å². The summed E-state index contributed by atoms with van der Waals surface area (Å²) in [5, 5.41) is 16.4. The quantitative estimate of drug-likeness (QED) is 0.731. The molecule has 2 N–H and O–H groups in total. The Morgan fingerprint density at radius 1 is 1.62 bits per heavy atom. The standard InChI is InChI=1S/C11H15N3OS/c1-2-14-11(15)3-4-13-7-10-5-9(6-12)8-16-10/h5,8,13H,2-4,7H2,1H3,(H,14,15). The van der Waals surface area contributed by atoms with Crippen LogP contribution in [0.5, 0.6) is 0 Å². The minimum Gasteiger partial charge on any atom is -0.356 e. The maximum atomic E-state index is 11.1. The minimum absolute atomic E-state index is 0.0684. The summed E-state index contributed by atoms with van der Waals surface area (Å²) < 4.78 is 0. The molecule has 0 aliphatic heterocycles. The van der Waals surface area contributed by atoms with Gasteiger partial charge in [-0.25, -0.2) is 0 Å². The third kappa shape index (κ3) is 4.43. The van der Waals surface area contributed by atoms with Crippen molar-refractivity contribution in [3.63, 3.8) is 0 Å². The zero-order valence-electron chi connectivity index (χ0n) is 9.25. The predicted octanol–water partition coefficient (Wildman–Crippen LogP) is 1.24. The molecule has 0 fully saturated rings. The van der Waals surface area contributed by atoms with E-state index in [0.717, 1.165) is 4.88 Å². The van der Waals surface area contributed by atoms with Gasteiger partial charge in [0, 0.05) is 36.3 Å². The van der Waals surface area contributed by atoms with Crippen LogP contribution in [0.3, 0.4) is 0 Å². The molecule has 5 heteroatoms. The number of carbonyl (C=O) groups excluding carboxylic acids is 1. The van der Waals surface area contributed by atoms with Gasteiger partial charge in [-0.1, -0.05) is 0 Å². The van der Waals surface area contributed by atoms with E-state index < -0.39 is 0 Å². The molecule has 0 saturated heterocycles. The van der Waals surface area contributed by atoms with Crippen LogP contribution in [0.4, 0.5) is 0 Å². The molecule has 1 amide bonds. The van der Waals surface area contributed by atoms with Crippen molar-refractivity contribution in [1.29, 1.82) is 5.26 Å². The van der Waals surface area contributed by atoms with Gasteiger partial charge in [0.05, 0.1) is 5.56 Å². The average molecular weight is 237 g/mol. The highest BCUT2D eigenvalue weighted by Gasteiger charge is 2.00. The van der Waals surface area contributed by atoms with E-state index in [-0.39, 0.29) is 5.91 Å². The van der Waals surface area contributed by atoms with Gasteiger partial charge in [0.25, 0.3) is 0 Å². The molecule has 1 aromatic heterocycles. The topological polar surface area (TPSA) is 64.9 Å². The Morgan fingerprint density at radius 2 is 2.44 bits per heavy atom. The Hall–Kier alpha value is -1.38. The summed E-state index contributed by atoms with van der Waals surface area (Å²) in [6.45, 7) is 3.95. The number of amides is 1. The van der Waals surface area contributed by atoms with Gasteiger partial charge in [0.2, 0.25) is 5.91 Å². The van der Waals surface area contributed by atoms with E-state index in [4.69, 9.17) is 5.26 Å². The Balaban J connectivity index is 2.16. The maximum Gasteiger partial charge on any atom is 0.221 e. The Morgan fingerprint density at radius 3 is 3.06 bits per heavy atom. The van der Waals surface area contributed by atoms with Gasteiger partial charge in [0.15, 0.2) is 0 Å². The maximum absolute atomic E-state index is 11.1. The van der Waals surface area contributed by atoms with Gasteiger partial charge < -0.3 is 10.6 Å². The van der Waals surface area contributed by atoms with Gasteiger partial charge in [-0.05, 0) is 13.0 Å². The number of nitrogens with zero attached hydrogens (tertiary/aromatic N) is 1. The molecule has 0 aliphatic rings. The van der Waals surface area contributed by atoms with Crippen LogP contribution in [-0.4, -0.2) is 19.0 Å². The first-order chi connectivity index (χ1) is 7.76. The third-order valence-corrected chi connectivity index (χ3v) is 2.92. The van der Waals surface area contributed by atoms with E-state index in [1.165, 1.54) is 0 Å². The number of thiophene rings is 1. The van der Waals surface area contributed by atoms with Crippen LogP contribution in [0.1, 0.15) is 23.8 Å². The van der Waals surface area contributed by atoms with E-state index in [1.807, 2.05) is 18.4 Å². The van der Waals surface area contributed by atoms with Crippen molar-refractivity contribution in [2.45, 2.75) is 19.9 Å². The van der Waals surface area contributed by atoms with Crippen LogP contribution in [0.2, 0.25) is 0 Å². The van der Waals surface area contributed by atoms with Crippen LogP contribution >= 0.6 is 11.3 Å². The van der Waals surface area contributed by atoms with Crippen molar-refractivity contribution < 1.29 is 4.79 Å². The molecule has 86 valence electrons. The van der Waals surface area contributed by atoms with Gasteiger partial charge in [-0.3, -0.25) is 4.79 Å². The van der Waals surface area contributed by atoms with Gasteiger partial charge in [-0.2, -0.15) is 5.26 Å². The zero-order valence-corrected chi connectivity index (χ0v) is 10.1. The monoisotopic (exact) mass is 237 g/mol. The van der Waals surface area contributed by atoms with Crippen molar-refractivity contribution in [3.8, 4) is 6.07 Å². The first-order valence-corrected chi connectivity index (χ1v) is 6.09. The summed E-state index contributed by atoms with van der Waals surface area (Å²) in [4.78, 5) is 12.2. The fraction of sp³-hybridized carbons (Fsp3) is 0.455. The Kier molecular flexibility index (Phi) is 5.54. The summed E-state index contributed by atoms with van der Waals surface area (Å²) >= 11 is 1.56. The van der Waals surface area contributed by atoms with Crippen molar-refractivity contribution >= 4 is 17.2 Å². The average Bonchev–Trinajstić information content (AvgIpc) is 2.73. The van der Waals surface area contributed by atoms with Crippen LogP contribution in [0, 0.1) is 11.3 Å². The second-order valence-electron chi connectivity index (χ2n) is 3.29. The Bertz CT molecular complexity index is 381. The molecule has 1 heterocycles. The van der Waals surface area contributed by atoms with Crippen molar-refractivity contribution in [2.24, 2.45) is 0 Å². The van der Waals surface area contributed by atoms with E-state index in [2.05, 4.69) is 16.7 Å². The van der Waals surface area contributed by atoms with E-state index in [1.54, 1.807) is 11.3 Å². The predicted molar refractivity (Wildman–Crippen MR) is 64.0 cm³/mol. The number of nitrogens with one attached hydrogen (secondary N) is 2. The number of carbonyl (C=O) groups is 1. The largest absolute Gasteiger partial charge is 0.356 e. The molecule has 0 unspecified atom stereocenters. The highest BCUT2D eigenvalue weighted by Crippen LogP contribution is 2.12. The summed E-state index contributed by atoms with van der Waals surface area (Å²) in [5.41, 5.74) is 0.700. The highest BCUT2D eigenvalue weighted by molar-refractivity contribution is 7.10. The number of rotatable bonds is 6. The molecule has 0 saturated carbocycles. The fourth-order valence-corrected chi connectivity index (χ4v) is 2.01. The minimum atomic E-state index is 0.0684. The van der Waals surface area contributed by atoms with Crippen molar-refractivity contribution in [2.75, 3.05) is 13.1 Å². The number of nitriles is 1. The summed E-state index contributed by atoms with van der Waals surface area (Å²) in [5.74, 6) is 0.0684. The third-order valence-electron chi connectivity index (χ3n) is 1.98. The molecule has 0 atom stereocenters. The SMILES string of the molecule is CCNC(=O)CCNCc1cc(C#N)cs1. The normalized spacial score (nSPS) is 9.75. The lowest BCUT2D eigenvalue weighted by molar-refractivity contribution is -0.120. The van der Waals surface area contributed by atoms with Crippen molar-refractivity contribution in [1.82, 2.24) is 10.6 Å². The lowest BCUT2D eigenvalue weighted by atomic mass is 10.3. The second-order valence-corrected chi connectivity index (χ2v) is 4.29. The van der Waals surface area contributed by atoms with E-state index in [9.17, 15) is 4.79 Å². The molecular weight excluding hydrogens is 222 g/mol. The molecule has 0 radical (unpaired) electrons. The lowest BCUT2D eigenvalue weighted by Crippen LogP contribution is -2.27. The smallest absolute Gasteiger partial charge is 0.221 e. The summed E-state index contributed by atoms with van der Waals surface area (Å²) in [6, 6.07) is 3.96. The van der Waals surface area contributed by atoms with Crippen LogP contribution in [0.25, 0.3) is 0 Å². The van der Waals surface area contributed by atoms with Gasteiger partial charge in [-0.15, -0.1) is 11.3 Å². The molecule has 1 aromatic rings. The molecule has 1 rings (SSSR count). The van der Waals surface area contributed by atoms with E-state index >= 15 is 0 Å². The molecule has 0 aliphatic carbocycles. The van der Waals surface area contributed by atoms with Crippen LogP contribution in [0.15, 0.2) is 11.4 Å². The number of hydrogen-bond donors (Lipinski definition) is 2. The van der Waals surface area contributed by atoms with Crippen LogP contribution in [-0.2, 0) is 11.3 Å². The van der Waals surface area contributed by atoms with E-state index in [0.29, 0.717) is 31.6 Å². The number of hydrogen-bond acceptors (Lipinski definition) is 4. The molecule has 16 heavy (non-hydrogen) atoms. The Labute approximate surface area is 99.3 Å². The fourth-order valence-electron chi connectivity index (χ4n) is 1.23. The summed E-state index contributed by atoms with van der Waals surface area (Å²) in [7, 11) is 0.